The number of nitrogens with one attached hydrogen (secondary N) is 1. The molecule has 1 amide bonds. The highest BCUT2D eigenvalue weighted by Crippen LogP contribution is 2.45. The quantitative estimate of drug-likeness (QED) is 0.916. The Morgan fingerprint density at radius 1 is 1.29 bits per heavy atom. The van der Waals surface area contributed by atoms with E-state index in [-0.39, 0.29) is 16.7 Å². The number of anilines is 1. The number of likely N-dealkylation sites (tertiary alicyclic amines) is 1. The molecule has 0 radical (unpaired) electrons. The number of nitrogens with zero attached hydrogens (tertiary/aromatic N) is 4. The van der Waals surface area contributed by atoms with Crippen molar-refractivity contribution < 1.29 is 4.79 Å². The van der Waals surface area contributed by atoms with Crippen LogP contribution in [0.4, 0.5) is 5.95 Å². The third kappa shape index (κ3) is 3.14. The van der Waals surface area contributed by atoms with Gasteiger partial charge in [0.25, 0.3) is 0 Å². The summed E-state index contributed by atoms with van der Waals surface area (Å²) in [6, 6.07) is 0. The Kier molecular flexibility index (Phi) is 4.16. The Labute approximate surface area is 126 Å². The molecule has 0 aromatic carbocycles. The second kappa shape index (κ2) is 5.58. The summed E-state index contributed by atoms with van der Waals surface area (Å²) < 4.78 is 0. The van der Waals surface area contributed by atoms with E-state index in [1.54, 1.807) is 0 Å². The van der Waals surface area contributed by atoms with Gasteiger partial charge in [-0.1, -0.05) is 34.6 Å². The van der Waals surface area contributed by atoms with Crippen LogP contribution in [0.3, 0.4) is 0 Å². The van der Waals surface area contributed by atoms with Gasteiger partial charge in [0.15, 0.2) is 0 Å². The maximum absolute atomic E-state index is 12.6. The number of hydrogen-bond acceptors (Lipinski definition) is 5. The summed E-state index contributed by atoms with van der Waals surface area (Å²) in [4.78, 5) is 26.4. The van der Waals surface area contributed by atoms with E-state index in [2.05, 4.69) is 41.0 Å². The number of rotatable bonds is 4. The Morgan fingerprint density at radius 3 is 2.52 bits per heavy atom. The van der Waals surface area contributed by atoms with Crippen LogP contribution in [0.2, 0.25) is 0 Å². The van der Waals surface area contributed by atoms with Crippen LogP contribution >= 0.6 is 0 Å². The highest BCUT2D eigenvalue weighted by atomic mass is 16.2. The van der Waals surface area contributed by atoms with Gasteiger partial charge in [-0.3, -0.25) is 4.79 Å². The minimum Gasteiger partial charge on any atom is -0.352 e. The standard InChI is InChI=1S/C15H25N5O/c1-11-14(2,3)8-20(12(21)15(11,4)5)7-6-17-13-18-9-16-10-19-13/h9-11H,6-8H2,1-5H3,(H,16,17,18,19). The van der Waals surface area contributed by atoms with Crippen molar-refractivity contribution in [3.63, 3.8) is 0 Å². The topological polar surface area (TPSA) is 71.0 Å². The zero-order valence-corrected chi connectivity index (χ0v) is 13.6. The molecule has 1 aliphatic heterocycles. The summed E-state index contributed by atoms with van der Waals surface area (Å²) in [6.07, 6.45) is 2.91. The van der Waals surface area contributed by atoms with Crippen molar-refractivity contribution in [3.8, 4) is 0 Å². The van der Waals surface area contributed by atoms with E-state index in [0.29, 0.717) is 25.0 Å². The van der Waals surface area contributed by atoms with Crippen LogP contribution in [0.15, 0.2) is 12.7 Å². The molecule has 6 nitrogen and oxygen atoms in total. The fourth-order valence-electron chi connectivity index (χ4n) is 3.08. The second-order valence-corrected chi connectivity index (χ2v) is 7.05. The number of carbonyl (C=O) groups excluding carboxylic acids is 1. The van der Waals surface area contributed by atoms with Crippen LogP contribution in [-0.4, -0.2) is 45.4 Å². The first-order valence-corrected chi connectivity index (χ1v) is 7.40. The van der Waals surface area contributed by atoms with E-state index < -0.39 is 0 Å². The van der Waals surface area contributed by atoms with E-state index in [1.165, 1.54) is 12.7 Å². The second-order valence-electron chi connectivity index (χ2n) is 7.05. The number of hydrogen-bond donors (Lipinski definition) is 1. The minimum absolute atomic E-state index is 0.116. The van der Waals surface area contributed by atoms with Gasteiger partial charge in [0.2, 0.25) is 11.9 Å². The highest BCUT2D eigenvalue weighted by Gasteiger charge is 2.49. The molecule has 1 aromatic rings. The van der Waals surface area contributed by atoms with Crippen molar-refractivity contribution in [2.75, 3.05) is 25.0 Å². The first-order chi connectivity index (χ1) is 9.75. The highest BCUT2D eigenvalue weighted by molar-refractivity contribution is 5.83. The van der Waals surface area contributed by atoms with Crippen LogP contribution in [0.1, 0.15) is 34.6 Å². The van der Waals surface area contributed by atoms with Gasteiger partial charge in [-0.05, 0) is 11.3 Å². The summed E-state index contributed by atoms with van der Waals surface area (Å²) in [6.45, 7) is 12.8. The fraction of sp³-hybridized carbons (Fsp3) is 0.733. The molecule has 21 heavy (non-hydrogen) atoms. The van der Waals surface area contributed by atoms with Gasteiger partial charge in [-0.25, -0.2) is 15.0 Å². The smallest absolute Gasteiger partial charge is 0.228 e. The molecule has 2 rings (SSSR count). The molecule has 1 N–H and O–H groups in total. The molecule has 1 unspecified atom stereocenters. The molecule has 6 heteroatoms. The van der Waals surface area contributed by atoms with E-state index in [1.807, 2.05) is 18.7 Å². The average Bonchev–Trinajstić information content (AvgIpc) is 2.44. The van der Waals surface area contributed by atoms with Gasteiger partial charge in [-0.2, -0.15) is 0 Å². The van der Waals surface area contributed by atoms with Crippen LogP contribution in [0, 0.1) is 16.7 Å². The Morgan fingerprint density at radius 2 is 1.90 bits per heavy atom. The van der Waals surface area contributed by atoms with Gasteiger partial charge in [0.1, 0.15) is 12.7 Å². The van der Waals surface area contributed by atoms with Crippen LogP contribution < -0.4 is 5.32 Å². The molecule has 2 heterocycles. The molecule has 0 aliphatic carbocycles. The summed E-state index contributed by atoms with van der Waals surface area (Å²) in [5, 5.41) is 3.12. The lowest BCUT2D eigenvalue weighted by molar-refractivity contribution is -0.156. The molecule has 1 aromatic heterocycles. The van der Waals surface area contributed by atoms with E-state index in [9.17, 15) is 4.79 Å². The molecule has 116 valence electrons. The zero-order valence-electron chi connectivity index (χ0n) is 13.6. The minimum atomic E-state index is -0.324. The molecule has 1 aliphatic rings. The molecular formula is C15H25N5O. The van der Waals surface area contributed by atoms with Crippen molar-refractivity contribution in [2.45, 2.75) is 34.6 Å². The Balaban J connectivity index is 1.98. The maximum atomic E-state index is 12.6. The monoisotopic (exact) mass is 291 g/mol. The van der Waals surface area contributed by atoms with Crippen LogP contribution in [-0.2, 0) is 4.79 Å². The molecule has 1 atom stereocenters. The normalized spacial score (nSPS) is 24.0. The summed E-state index contributed by atoms with van der Waals surface area (Å²) in [5.74, 6) is 1.12. The first-order valence-electron chi connectivity index (χ1n) is 7.40. The third-order valence-corrected chi connectivity index (χ3v) is 4.85. The first kappa shape index (κ1) is 15.7. The van der Waals surface area contributed by atoms with Gasteiger partial charge >= 0.3 is 0 Å². The molecule has 0 bridgehead atoms. The Bertz CT molecular complexity index is 500. The lowest BCUT2D eigenvalue weighted by atomic mass is 9.62. The number of piperidine rings is 1. The SMILES string of the molecule is CC1C(C)(C)CN(CCNc2ncncn2)C(=O)C1(C)C. The Hall–Kier alpha value is -1.72. The predicted molar refractivity (Wildman–Crippen MR) is 81.6 cm³/mol. The molecular weight excluding hydrogens is 266 g/mol. The molecule has 0 saturated carbocycles. The lowest BCUT2D eigenvalue weighted by Crippen LogP contribution is -2.58. The van der Waals surface area contributed by atoms with Crippen molar-refractivity contribution >= 4 is 11.9 Å². The summed E-state index contributed by atoms with van der Waals surface area (Å²) in [5.41, 5.74) is -0.209. The number of aromatic nitrogens is 3. The summed E-state index contributed by atoms with van der Waals surface area (Å²) in [7, 11) is 0. The van der Waals surface area contributed by atoms with Gasteiger partial charge in [0, 0.05) is 25.0 Å². The lowest BCUT2D eigenvalue weighted by Gasteiger charge is -2.51. The van der Waals surface area contributed by atoms with Crippen LogP contribution in [0.25, 0.3) is 0 Å². The van der Waals surface area contributed by atoms with Crippen molar-refractivity contribution in [3.05, 3.63) is 12.7 Å². The van der Waals surface area contributed by atoms with Crippen molar-refractivity contribution in [1.29, 1.82) is 0 Å². The van der Waals surface area contributed by atoms with Gasteiger partial charge < -0.3 is 10.2 Å². The fourth-order valence-corrected chi connectivity index (χ4v) is 3.08. The predicted octanol–water partition coefficient (Wildman–Crippen LogP) is 1.81. The van der Waals surface area contributed by atoms with Crippen molar-refractivity contribution in [1.82, 2.24) is 19.9 Å². The zero-order chi connectivity index (χ0) is 15.7. The van der Waals surface area contributed by atoms with E-state index in [0.717, 1.165) is 6.54 Å². The molecule has 0 spiro atoms. The molecule has 1 saturated heterocycles. The van der Waals surface area contributed by atoms with Gasteiger partial charge in [-0.15, -0.1) is 0 Å². The van der Waals surface area contributed by atoms with Crippen molar-refractivity contribution in [2.24, 2.45) is 16.7 Å². The largest absolute Gasteiger partial charge is 0.352 e. The van der Waals surface area contributed by atoms with Crippen LogP contribution in [0.5, 0.6) is 0 Å². The molecule has 1 fully saturated rings. The number of carbonyl (C=O) groups is 1. The summed E-state index contributed by atoms with van der Waals surface area (Å²) >= 11 is 0. The van der Waals surface area contributed by atoms with E-state index in [4.69, 9.17) is 0 Å². The number of amides is 1. The average molecular weight is 291 g/mol. The van der Waals surface area contributed by atoms with E-state index >= 15 is 0 Å². The third-order valence-electron chi connectivity index (χ3n) is 4.85. The van der Waals surface area contributed by atoms with Gasteiger partial charge in [0.05, 0.1) is 0 Å². The maximum Gasteiger partial charge on any atom is 0.228 e.